The van der Waals surface area contributed by atoms with Crippen molar-refractivity contribution in [2.75, 3.05) is 7.11 Å². The van der Waals surface area contributed by atoms with Crippen molar-refractivity contribution in [2.24, 2.45) is 0 Å². The molecular weight excluding hydrogens is 276 g/mol. The number of benzene rings is 1. The van der Waals surface area contributed by atoms with Crippen molar-refractivity contribution in [3.63, 3.8) is 0 Å². The Morgan fingerprint density at radius 2 is 2.05 bits per heavy atom. The van der Waals surface area contributed by atoms with Gasteiger partial charge in [-0.25, -0.2) is 0 Å². The zero-order chi connectivity index (χ0) is 14.5. The maximum atomic E-state index is 12.0. The molecule has 0 aliphatic heterocycles. The van der Waals surface area contributed by atoms with Crippen LogP contribution < -0.4 is 10.1 Å². The molecule has 2 aromatic rings. The van der Waals surface area contributed by atoms with Crippen LogP contribution in [0.3, 0.4) is 0 Å². The third-order valence-electron chi connectivity index (χ3n) is 2.94. The van der Waals surface area contributed by atoms with Crippen LogP contribution in [-0.4, -0.2) is 18.0 Å². The Morgan fingerprint density at radius 3 is 2.70 bits per heavy atom. The molecule has 0 unspecified atom stereocenters. The van der Waals surface area contributed by atoms with Gasteiger partial charge in [0.2, 0.25) is 0 Å². The van der Waals surface area contributed by atoms with E-state index in [1.807, 2.05) is 19.1 Å². The van der Waals surface area contributed by atoms with Gasteiger partial charge < -0.3 is 10.1 Å². The van der Waals surface area contributed by atoms with E-state index < -0.39 is 0 Å². The molecule has 4 nitrogen and oxygen atoms in total. The molecule has 0 aliphatic rings. The third-order valence-corrected chi connectivity index (χ3v) is 3.35. The minimum atomic E-state index is -0.161. The van der Waals surface area contributed by atoms with Crippen molar-refractivity contribution < 1.29 is 9.53 Å². The van der Waals surface area contributed by atoms with Gasteiger partial charge in [0.1, 0.15) is 5.75 Å². The molecule has 0 saturated heterocycles. The van der Waals surface area contributed by atoms with Crippen molar-refractivity contribution >= 4 is 17.5 Å². The Balaban J connectivity index is 2.11. The molecule has 1 N–H and O–H groups in total. The number of nitrogens with zero attached hydrogens (tertiary/aromatic N) is 1. The molecule has 1 aromatic carbocycles. The molecule has 2 rings (SSSR count). The summed E-state index contributed by atoms with van der Waals surface area (Å²) in [5.41, 5.74) is 2.34. The summed E-state index contributed by atoms with van der Waals surface area (Å²) in [7, 11) is 1.59. The summed E-state index contributed by atoms with van der Waals surface area (Å²) in [6.45, 7) is 2.26. The summed E-state index contributed by atoms with van der Waals surface area (Å²) in [5, 5.41) is 3.48. The number of carbonyl (C=O) groups is 1. The molecule has 1 amide bonds. The van der Waals surface area contributed by atoms with Crippen LogP contribution in [0.25, 0.3) is 0 Å². The number of methoxy groups -OCH3 is 1. The van der Waals surface area contributed by atoms with E-state index in [-0.39, 0.29) is 5.91 Å². The average Bonchev–Trinajstić information content (AvgIpc) is 2.48. The lowest BCUT2D eigenvalue weighted by Gasteiger charge is -2.12. The molecule has 104 valence electrons. The number of amides is 1. The van der Waals surface area contributed by atoms with E-state index in [0.717, 1.165) is 11.1 Å². The number of aromatic nitrogens is 1. The molecule has 1 heterocycles. The van der Waals surface area contributed by atoms with E-state index in [0.29, 0.717) is 22.9 Å². The van der Waals surface area contributed by atoms with Gasteiger partial charge in [0.25, 0.3) is 5.91 Å². The standard InChI is InChI=1S/C15H15ClN2O2/c1-10-7-14(20-2)12(8-13(10)16)9-18-15(19)11-3-5-17-6-4-11/h3-8H,9H2,1-2H3,(H,18,19). The van der Waals surface area contributed by atoms with Crippen molar-refractivity contribution in [2.45, 2.75) is 13.5 Å². The largest absolute Gasteiger partial charge is 0.496 e. The van der Waals surface area contributed by atoms with E-state index in [2.05, 4.69) is 10.3 Å². The molecule has 0 aliphatic carbocycles. The molecule has 0 atom stereocenters. The number of pyridine rings is 1. The normalized spacial score (nSPS) is 10.2. The lowest BCUT2D eigenvalue weighted by molar-refractivity contribution is 0.0950. The maximum Gasteiger partial charge on any atom is 0.251 e. The Morgan fingerprint density at radius 1 is 1.35 bits per heavy atom. The number of halogens is 1. The van der Waals surface area contributed by atoms with Gasteiger partial charge >= 0.3 is 0 Å². The van der Waals surface area contributed by atoms with Gasteiger partial charge in [-0.15, -0.1) is 0 Å². The number of hydrogen-bond donors (Lipinski definition) is 1. The molecule has 0 bridgehead atoms. The number of nitrogens with one attached hydrogen (secondary N) is 1. The van der Waals surface area contributed by atoms with Gasteiger partial charge in [-0.1, -0.05) is 11.6 Å². The topological polar surface area (TPSA) is 51.2 Å². The lowest BCUT2D eigenvalue weighted by Crippen LogP contribution is -2.23. The second kappa shape index (κ2) is 6.39. The fourth-order valence-electron chi connectivity index (χ4n) is 1.81. The molecule has 0 fully saturated rings. The molecule has 0 radical (unpaired) electrons. The summed E-state index contributed by atoms with van der Waals surface area (Å²) in [4.78, 5) is 15.8. The van der Waals surface area contributed by atoms with E-state index >= 15 is 0 Å². The first-order valence-corrected chi connectivity index (χ1v) is 6.51. The van der Waals surface area contributed by atoms with Crippen molar-refractivity contribution in [1.29, 1.82) is 0 Å². The van der Waals surface area contributed by atoms with Crippen LogP contribution >= 0.6 is 11.6 Å². The quantitative estimate of drug-likeness (QED) is 0.942. The van der Waals surface area contributed by atoms with Crippen LogP contribution in [0.5, 0.6) is 5.75 Å². The summed E-state index contributed by atoms with van der Waals surface area (Å²) in [6.07, 6.45) is 3.16. The Hall–Kier alpha value is -2.07. The van der Waals surface area contributed by atoms with Crippen LogP contribution in [0.1, 0.15) is 21.5 Å². The van der Waals surface area contributed by atoms with E-state index in [1.165, 1.54) is 0 Å². The number of aryl methyl sites for hydroxylation is 1. The van der Waals surface area contributed by atoms with Crippen molar-refractivity contribution in [3.8, 4) is 5.75 Å². The molecule has 0 saturated carbocycles. The highest BCUT2D eigenvalue weighted by atomic mass is 35.5. The Labute approximate surface area is 122 Å². The average molecular weight is 291 g/mol. The van der Waals surface area contributed by atoms with Crippen molar-refractivity contribution in [3.05, 3.63) is 58.4 Å². The summed E-state index contributed by atoms with van der Waals surface area (Å²) < 4.78 is 5.30. The predicted molar refractivity (Wildman–Crippen MR) is 78.1 cm³/mol. The fraction of sp³-hybridized carbons (Fsp3) is 0.200. The molecule has 20 heavy (non-hydrogen) atoms. The second-order valence-corrected chi connectivity index (χ2v) is 4.74. The summed E-state index contributed by atoms with van der Waals surface area (Å²) in [5.74, 6) is 0.549. The maximum absolute atomic E-state index is 12.0. The third kappa shape index (κ3) is 3.27. The van der Waals surface area contributed by atoms with E-state index in [1.54, 1.807) is 31.6 Å². The molecule has 5 heteroatoms. The van der Waals surface area contributed by atoms with Gasteiger partial charge in [0, 0.05) is 35.1 Å². The van der Waals surface area contributed by atoms with Crippen LogP contribution in [0.2, 0.25) is 5.02 Å². The van der Waals surface area contributed by atoms with Gasteiger partial charge in [-0.05, 0) is 36.8 Å². The minimum absolute atomic E-state index is 0.161. The first-order valence-electron chi connectivity index (χ1n) is 6.13. The first kappa shape index (κ1) is 14.3. The van der Waals surface area contributed by atoms with Crippen LogP contribution in [0.15, 0.2) is 36.7 Å². The fourth-order valence-corrected chi connectivity index (χ4v) is 1.99. The molecule has 1 aromatic heterocycles. The van der Waals surface area contributed by atoms with Crippen molar-refractivity contribution in [1.82, 2.24) is 10.3 Å². The second-order valence-electron chi connectivity index (χ2n) is 4.33. The van der Waals surface area contributed by atoms with Crippen LogP contribution in [0, 0.1) is 6.92 Å². The van der Waals surface area contributed by atoms with Crippen LogP contribution in [-0.2, 0) is 6.54 Å². The minimum Gasteiger partial charge on any atom is -0.496 e. The first-order chi connectivity index (χ1) is 9.61. The highest BCUT2D eigenvalue weighted by Gasteiger charge is 2.09. The van der Waals surface area contributed by atoms with Gasteiger partial charge in [0.05, 0.1) is 7.11 Å². The summed E-state index contributed by atoms with van der Waals surface area (Å²) in [6, 6.07) is 6.99. The number of carbonyl (C=O) groups excluding carboxylic acids is 1. The highest BCUT2D eigenvalue weighted by molar-refractivity contribution is 6.31. The lowest BCUT2D eigenvalue weighted by atomic mass is 10.1. The molecule has 0 spiro atoms. The number of rotatable bonds is 4. The molecular formula is C15H15ClN2O2. The van der Waals surface area contributed by atoms with E-state index in [9.17, 15) is 4.79 Å². The van der Waals surface area contributed by atoms with Gasteiger partial charge in [-0.3, -0.25) is 9.78 Å². The van der Waals surface area contributed by atoms with Gasteiger partial charge in [-0.2, -0.15) is 0 Å². The van der Waals surface area contributed by atoms with Crippen LogP contribution in [0.4, 0.5) is 0 Å². The monoisotopic (exact) mass is 290 g/mol. The summed E-state index contributed by atoms with van der Waals surface area (Å²) >= 11 is 6.10. The Kier molecular flexibility index (Phi) is 4.58. The van der Waals surface area contributed by atoms with E-state index in [4.69, 9.17) is 16.3 Å². The smallest absolute Gasteiger partial charge is 0.251 e. The highest BCUT2D eigenvalue weighted by Crippen LogP contribution is 2.26. The number of ether oxygens (including phenoxy) is 1. The van der Waals surface area contributed by atoms with Gasteiger partial charge in [0.15, 0.2) is 0 Å². The Bertz CT molecular complexity index is 615. The zero-order valence-electron chi connectivity index (χ0n) is 11.3. The SMILES string of the molecule is COc1cc(C)c(Cl)cc1CNC(=O)c1ccncc1. The predicted octanol–water partition coefficient (Wildman–Crippen LogP) is 2.98. The number of hydrogen-bond acceptors (Lipinski definition) is 3. The zero-order valence-corrected chi connectivity index (χ0v) is 12.1.